The molecule has 2 aromatic rings. The van der Waals surface area contributed by atoms with Gasteiger partial charge in [0, 0.05) is 18.7 Å². The molecule has 0 spiro atoms. The van der Waals surface area contributed by atoms with Crippen molar-refractivity contribution < 1.29 is 14.3 Å². The summed E-state index contributed by atoms with van der Waals surface area (Å²) < 4.78 is 11.1. The van der Waals surface area contributed by atoms with Gasteiger partial charge in [0.05, 0.1) is 13.3 Å². The number of amides is 1. The number of hydrogen-bond donors (Lipinski definition) is 1. The van der Waals surface area contributed by atoms with E-state index in [0.717, 1.165) is 37.1 Å². The van der Waals surface area contributed by atoms with Crippen molar-refractivity contribution in [2.45, 2.75) is 19.3 Å². The molecular formula is C16H21N7O3. The highest BCUT2D eigenvalue weighted by atomic mass is 16.5. The fourth-order valence-corrected chi connectivity index (χ4v) is 2.71. The summed E-state index contributed by atoms with van der Waals surface area (Å²) in [6.45, 7) is 1.50. The number of carbonyl (C=O) groups excluding carboxylic acids is 1. The van der Waals surface area contributed by atoms with Crippen LogP contribution in [0.3, 0.4) is 0 Å². The molecule has 10 heteroatoms. The van der Waals surface area contributed by atoms with Crippen LogP contribution in [0.2, 0.25) is 0 Å². The Morgan fingerprint density at radius 1 is 1.35 bits per heavy atom. The molecular weight excluding hydrogens is 338 g/mol. The van der Waals surface area contributed by atoms with Crippen molar-refractivity contribution in [2.24, 2.45) is 5.10 Å². The monoisotopic (exact) mass is 359 g/mol. The number of hydrogen-bond acceptors (Lipinski definition) is 8. The first-order valence-corrected chi connectivity index (χ1v) is 8.35. The van der Waals surface area contributed by atoms with Gasteiger partial charge in [-0.15, -0.1) is 0 Å². The predicted octanol–water partition coefficient (Wildman–Crippen LogP) is 0.537. The third-order valence-corrected chi connectivity index (χ3v) is 4.06. The summed E-state index contributed by atoms with van der Waals surface area (Å²) >= 11 is 0. The minimum absolute atomic E-state index is 0.0387. The van der Waals surface area contributed by atoms with Gasteiger partial charge in [-0.2, -0.15) is 5.10 Å². The lowest BCUT2D eigenvalue weighted by atomic mass is 10.1. The second-order valence-electron chi connectivity index (χ2n) is 5.78. The Balaban J connectivity index is 1.75. The summed E-state index contributed by atoms with van der Waals surface area (Å²) in [7, 11) is 1.54. The van der Waals surface area contributed by atoms with Crippen LogP contribution in [0.25, 0.3) is 0 Å². The summed E-state index contributed by atoms with van der Waals surface area (Å²) in [4.78, 5) is 15.3. The minimum atomic E-state index is -0.0613. The van der Waals surface area contributed by atoms with Crippen molar-refractivity contribution in [3.05, 3.63) is 23.8 Å². The zero-order chi connectivity index (χ0) is 18.4. The Morgan fingerprint density at radius 2 is 2.15 bits per heavy atom. The van der Waals surface area contributed by atoms with E-state index in [2.05, 4.69) is 20.6 Å². The fourth-order valence-electron chi connectivity index (χ4n) is 2.71. The van der Waals surface area contributed by atoms with E-state index in [-0.39, 0.29) is 18.5 Å². The Hall–Kier alpha value is -3.17. The number of methoxy groups -OCH3 is 1. The molecule has 1 aliphatic rings. The number of tetrazole rings is 1. The zero-order valence-electron chi connectivity index (χ0n) is 14.5. The van der Waals surface area contributed by atoms with Crippen molar-refractivity contribution >= 4 is 18.1 Å². The molecule has 0 radical (unpaired) electrons. The average molecular weight is 359 g/mol. The standard InChI is InChI=1S/C16H21N7O3/c1-25-13-7-5-6-12(10-18-23-16(17)19-20-21-23)15(13)26-11-14(24)22-8-3-2-4-9-22/h5-7,10H,2-4,8-9,11H2,1H3,(H2,17,19,21)/b18-10+. The largest absolute Gasteiger partial charge is 0.493 e. The second kappa shape index (κ2) is 8.28. The molecule has 1 saturated heterocycles. The molecule has 10 nitrogen and oxygen atoms in total. The number of ether oxygens (including phenoxy) is 2. The van der Waals surface area contributed by atoms with Crippen LogP contribution in [0.4, 0.5) is 5.95 Å². The van der Waals surface area contributed by atoms with Gasteiger partial charge >= 0.3 is 0 Å². The third-order valence-electron chi connectivity index (χ3n) is 4.06. The average Bonchev–Trinajstić information content (AvgIpc) is 3.10. The van der Waals surface area contributed by atoms with Crippen LogP contribution in [-0.2, 0) is 4.79 Å². The predicted molar refractivity (Wildman–Crippen MR) is 94.1 cm³/mol. The van der Waals surface area contributed by atoms with Crippen molar-refractivity contribution in [1.29, 1.82) is 0 Å². The van der Waals surface area contributed by atoms with Crippen LogP contribution in [0.15, 0.2) is 23.3 Å². The quantitative estimate of drug-likeness (QED) is 0.747. The summed E-state index contributed by atoms with van der Waals surface area (Å²) in [5.74, 6) is 0.955. The van der Waals surface area contributed by atoms with Crippen molar-refractivity contribution in [3.8, 4) is 11.5 Å². The number of benzene rings is 1. The van der Waals surface area contributed by atoms with Gasteiger partial charge in [0.15, 0.2) is 18.1 Å². The van der Waals surface area contributed by atoms with E-state index in [9.17, 15) is 4.79 Å². The Kier molecular flexibility index (Phi) is 5.62. The first-order valence-electron chi connectivity index (χ1n) is 8.35. The smallest absolute Gasteiger partial charge is 0.263 e. The molecule has 3 rings (SSSR count). The van der Waals surface area contributed by atoms with E-state index in [1.807, 2.05) is 4.90 Å². The first-order chi connectivity index (χ1) is 12.7. The lowest BCUT2D eigenvalue weighted by molar-refractivity contribution is -0.134. The first kappa shape index (κ1) is 17.6. The molecule has 0 aliphatic carbocycles. The fraction of sp³-hybridized carbons (Fsp3) is 0.438. The molecule has 0 unspecified atom stereocenters. The molecule has 26 heavy (non-hydrogen) atoms. The highest BCUT2D eigenvalue weighted by Gasteiger charge is 2.18. The number of para-hydroxylation sites is 1. The maximum atomic E-state index is 12.4. The topological polar surface area (TPSA) is 121 Å². The molecule has 0 atom stereocenters. The van der Waals surface area contributed by atoms with Crippen LogP contribution in [0.5, 0.6) is 11.5 Å². The zero-order valence-corrected chi connectivity index (χ0v) is 14.5. The van der Waals surface area contributed by atoms with Gasteiger partial charge in [0.25, 0.3) is 11.9 Å². The number of likely N-dealkylation sites (tertiary alicyclic amines) is 1. The number of rotatable bonds is 6. The minimum Gasteiger partial charge on any atom is -0.493 e. The maximum Gasteiger partial charge on any atom is 0.263 e. The highest BCUT2D eigenvalue weighted by molar-refractivity contribution is 5.85. The van der Waals surface area contributed by atoms with Crippen molar-refractivity contribution in [2.75, 3.05) is 32.5 Å². The molecule has 1 amide bonds. The van der Waals surface area contributed by atoms with E-state index in [4.69, 9.17) is 15.2 Å². The van der Waals surface area contributed by atoms with E-state index < -0.39 is 0 Å². The van der Waals surface area contributed by atoms with E-state index >= 15 is 0 Å². The van der Waals surface area contributed by atoms with Crippen LogP contribution in [0, 0.1) is 0 Å². The lowest BCUT2D eigenvalue weighted by Crippen LogP contribution is -2.38. The number of nitrogen functional groups attached to an aromatic ring is 1. The SMILES string of the molecule is COc1cccc(/C=N/n2nnnc2N)c1OCC(=O)N1CCCCC1. The second-order valence-corrected chi connectivity index (χ2v) is 5.78. The molecule has 1 aromatic heterocycles. The molecule has 1 aromatic carbocycles. The summed E-state index contributed by atoms with van der Waals surface area (Å²) in [6, 6.07) is 5.33. The van der Waals surface area contributed by atoms with Gasteiger partial charge in [-0.25, -0.2) is 0 Å². The van der Waals surface area contributed by atoms with Gasteiger partial charge in [0.1, 0.15) is 0 Å². The number of aromatic nitrogens is 4. The lowest BCUT2D eigenvalue weighted by Gasteiger charge is -2.26. The molecule has 2 heterocycles. The van der Waals surface area contributed by atoms with Crippen LogP contribution < -0.4 is 15.2 Å². The normalized spacial score (nSPS) is 14.6. The Bertz CT molecular complexity index is 784. The van der Waals surface area contributed by atoms with Gasteiger partial charge in [-0.1, -0.05) is 16.0 Å². The van der Waals surface area contributed by atoms with Gasteiger partial charge in [-0.05, 0) is 41.8 Å². The molecule has 138 valence electrons. The summed E-state index contributed by atoms with van der Waals surface area (Å²) in [6.07, 6.45) is 4.73. The van der Waals surface area contributed by atoms with Crippen molar-refractivity contribution in [1.82, 2.24) is 25.2 Å². The van der Waals surface area contributed by atoms with Gasteiger partial charge in [0.2, 0.25) is 0 Å². The molecule has 1 aliphatic heterocycles. The maximum absolute atomic E-state index is 12.4. The van der Waals surface area contributed by atoms with Crippen LogP contribution in [0.1, 0.15) is 24.8 Å². The summed E-state index contributed by atoms with van der Waals surface area (Å²) in [5, 5.41) is 14.7. The van der Waals surface area contributed by atoms with E-state index in [1.165, 1.54) is 13.3 Å². The van der Waals surface area contributed by atoms with Crippen LogP contribution >= 0.6 is 0 Å². The molecule has 0 saturated carbocycles. The third kappa shape index (κ3) is 4.08. The number of piperidine rings is 1. The van der Waals surface area contributed by atoms with E-state index in [0.29, 0.717) is 17.1 Å². The van der Waals surface area contributed by atoms with Gasteiger partial charge in [-0.3, -0.25) is 4.79 Å². The number of carbonyl (C=O) groups is 1. The number of anilines is 1. The molecule has 2 N–H and O–H groups in total. The number of nitrogens with zero attached hydrogens (tertiary/aromatic N) is 6. The van der Waals surface area contributed by atoms with Gasteiger partial charge < -0.3 is 20.1 Å². The highest BCUT2D eigenvalue weighted by Crippen LogP contribution is 2.30. The molecule has 0 bridgehead atoms. The van der Waals surface area contributed by atoms with Crippen molar-refractivity contribution in [3.63, 3.8) is 0 Å². The molecule has 1 fully saturated rings. The number of nitrogens with two attached hydrogens (primary N) is 1. The van der Waals surface area contributed by atoms with E-state index in [1.54, 1.807) is 18.2 Å². The Morgan fingerprint density at radius 3 is 2.85 bits per heavy atom. The summed E-state index contributed by atoms with van der Waals surface area (Å²) in [5.41, 5.74) is 6.20. The Labute approximate surface area is 150 Å². The van der Waals surface area contributed by atoms with Crippen LogP contribution in [-0.4, -0.2) is 64.1 Å².